The Morgan fingerprint density at radius 2 is 1.75 bits per heavy atom. The Kier molecular flexibility index (Phi) is 8.09. The number of carbonyl (C=O) groups is 2. The molecule has 24 heavy (non-hydrogen) atoms. The van der Waals surface area contributed by atoms with Crippen molar-refractivity contribution in [3.05, 3.63) is 29.8 Å². The van der Waals surface area contributed by atoms with Crippen molar-refractivity contribution in [2.75, 3.05) is 19.7 Å². The van der Waals surface area contributed by atoms with Crippen LogP contribution in [0.4, 0.5) is 4.79 Å². The highest BCUT2D eigenvalue weighted by Gasteiger charge is 2.15. The lowest BCUT2D eigenvalue weighted by molar-refractivity contribution is -0.121. The van der Waals surface area contributed by atoms with Crippen molar-refractivity contribution in [1.82, 2.24) is 10.6 Å². The van der Waals surface area contributed by atoms with Gasteiger partial charge in [0.05, 0.1) is 6.61 Å². The van der Waals surface area contributed by atoms with Gasteiger partial charge in [0, 0.05) is 19.5 Å². The van der Waals surface area contributed by atoms with Gasteiger partial charge >= 0.3 is 6.09 Å². The van der Waals surface area contributed by atoms with Crippen molar-refractivity contribution < 1.29 is 19.1 Å². The minimum atomic E-state index is -0.523. The number of aryl methyl sites for hydroxylation is 1. The minimum absolute atomic E-state index is 0.0608. The molecule has 6 heteroatoms. The zero-order valence-corrected chi connectivity index (χ0v) is 15.0. The van der Waals surface area contributed by atoms with Gasteiger partial charge < -0.3 is 20.1 Å². The lowest BCUT2D eigenvalue weighted by Gasteiger charge is -2.19. The molecule has 0 aromatic heterocycles. The lowest BCUT2D eigenvalue weighted by Crippen LogP contribution is -2.37. The summed E-state index contributed by atoms with van der Waals surface area (Å²) < 4.78 is 10.7. The molecule has 0 aliphatic rings. The largest absolute Gasteiger partial charge is 0.493 e. The van der Waals surface area contributed by atoms with Crippen molar-refractivity contribution >= 4 is 12.0 Å². The van der Waals surface area contributed by atoms with Gasteiger partial charge in [0.25, 0.3) is 0 Å². The number of alkyl carbamates (subject to hydrolysis) is 1. The predicted octanol–water partition coefficient (Wildman–Crippen LogP) is 2.79. The molecule has 1 aromatic rings. The van der Waals surface area contributed by atoms with Crippen molar-refractivity contribution in [3.63, 3.8) is 0 Å². The van der Waals surface area contributed by atoms with E-state index in [2.05, 4.69) is 10.6 Å². The van der Waals surface area contributed by atoms with Crippen LogP contribution >= 0.6 is 0 Å². The van der Waals surface area contributed by atoms with Crippen LogP contribution in [-0.4, -0.2) is 37.3 Å². The van der Waals surface area contributed by atoms with Crippen LogP contribution in [-0.2, 0) is 9.53 Å². The number of hydrogen-bond acceptors (Lipinski definition) is 4. The number of hydrogen-bond donors (Lipinski definition) is 2. The minimum Gasteiger partial charge on any atom is -0.493 e. The van der Waals surface area contributed by atoms with Crippen LogP contribution in [0.25, 0.3) is 0 Å². The molecule has 0 aliphatic heterocycles. The van der Waals surface area contributed by atoms with Gasteiger partial charge in [-0.2, -0.15) is 0 Å². The van der Waals surface area contributed by atoms with Gasteiger partial charge in [0.1, 0.15) is 11.4 Å². The van der Waals surface area contributed by atoms with Gasteiger partial charge in [0.2, 0.25) is 5.91 Å². The van der Waals surface area contributed by atoms with Crippen molar-refractivity contribution in [2.45, 2.75) is 46.1 Å². The zero-order valence-electron chi connectivity index (χ0n) is 15.0. The molecule has 2 amide bonds. The molecule has 0 fully saturated rings. The molecule has 0 radical (unpaired) electrons. The second kappa shape index (κ2) is 9.80. The monoisotopic (exact) mass is 336 g/mol. The maximum Gasteiger partial charge on any atom is 0.407 e. The SMILES string of the molecule is Cc1ccccc1OCCCC(=O)NCCNC(=O)OC(C)(C)C. The lowest BCUT2D eigenvalue weighted by atomic mass is 10.2. The molecule has 2 N–H and O–H groups in total. The van der Waals surface area contributed by atoms with E-state index in [4.69, 9.17) is 9.47 Å². The van der Waals surface area contributed by atoms with Crippen LogP contribution in [0.2, 0.25) is 0 Å². The maximum atomic E-state index is 11.7. The van der Waals surface area contributed by atoms with Gasteiger partial charge in [0.15, 0.2) is 0 Å². The molecule has 0 heterocycles. The van der Waals surface area contributed by atoms with E-state index in [9.17, 15) is 9.59 Å². The molecule has 6 nitrogen and oxygen atoms in total. The van der Waals surface area contributed by atoms with Gasteiger partial charge in [-0.15, -0.1) is 0 Å². The van der Waals surface area contributed by atoms with E-state index < -0.39 is 11.7 Å². The topological polar surface area (TPSA) is 76.7 Å². The van der Waals surface area contributed by atoms with Crippen LogP contribution < -0.4 is 15.4 Å². The molecule has 0 saturated heterocycles. The summed E-state index contributed by atoms with van der Waals surface area (Å²) in [6.45, 7) is 8.58. The van der Waals surface area contributed by atoms with Gasteiger partial charge in [-0.1, -0.05) is 18.2 Å². The summed E-state index contributed by atoms with van der Waals surface area (Å²) in [4.78, 5) is 23.1. The average molecular weight is 336 g/mol. The summed E-state index contributed by atoms with van der Waals surface area (Å²) in [5, 5.41) is 5.34. The maximum absolute atomic E-state index is 11.7. The molecule has 0 bridgehead atoms. The molecule has 0 unspecified atom stereocenters. The molecule has 0 spiro atoms. The summed E-state index contributed by atoms with van der Waals surface area (Å²) in [6.07, 6.45) is 0.543. The highest BCUT2D eigenvalue weighted by molar-refractivity contribution is 5.75. The van der Waals surface area contributed by atoms with Gasteiger partial charge in [-0.05, 0) is 45.7 Å². The Morgan fingerprint density at radius 3 is 2.42 bits per heavy atom. The first-order chi connectivity index (χ1) is 11.3. The predicted molar refractivity (Wildman–Crippen MR) is 93.2 cm³/mol. The second-order valence-electron chi connectivity index (χ2n) is 6.50. The Balaban J connectivity index is 2.06. The fraction of sp³-hybridized carbons (Fsp3) is 0.556. The third kappa shape index (κ3) is 9.02. The van der Waals surface area contributed by atoms with E-state index >= 15 is 0 Å². The molecule has 0 atom stereocenters. The fourth-order valence-corrected chi connectivity index (χ4v) is 1.90. The van der Waals surface area contributed by atoms with E-state index in [1.54, 1.807) is 20.8 Å². The highest BCUT2D eigenvalue weighted by atomic mass is 16.6. The van der Waals surface area contributed by atoms with Crippen LogP contribution in [0.1, 0.15) is 39.2 Å². The zero-order chi connectivity index (χ0) is 18.0. The van der Waals surface area contributed by atoms with Crippen molar-refractivity contribution in [2.24, 2.45) is 0 Å². The van der Waals surface area contributed by atoms with Crippen LogP contribution in [0.3, 0.4) is 0 Å². The third-order valence-corrected chi connectivity index (χ3v) is 3.01. The van der Waals surface area contributed by atoms with E-state index in [-0.39, 0.29) is 5.91 Å². The number of nitrogens with one attached hydrogen (secondary N) is 2. The number of amides is 2. The summed E-state index contributed by atoms with van der Waals surface area (Å²) in [6, 6.07) is 7.78. The smallest absolute Gasteiger partial charge is 0.407 e. The number of carbonyl (C=O) groups excluding carboxylic acids is 2. The van der Waals surface area contributed by atoms with Crippen LogP contribution in [0.15, 0.2) is 24.3 Å². The fourth-order valence-electron chi connectivity index (χ4n) is 1.90. The van der Waals surface area contributed by atoms with E-state index in [0.29, 0.717) is 32.5 Å². The highest BCUT2D eigenvalue weighted by Crippen LogP contribution is 2.16. The Bertz CT molecular complexity index is 538. The van der Waals surface area contributed by atoms with Crippen molar-refractivity contribution in [1.29, 1.82) is 0 Å². The molecule has 0 aliphatic carbocycles. The molecular weight excluding hydrogens is 308 g/mol. The van der Waals surface area contributed by atoms with Gasteiger partial charge in [-0.3, -0.25) is 4.79 Å². The Hall–Kier alpha value is -2.24. The summed E-state index contributed by atoms with van der Waals surface area (Å²) >= 11 is 0. The molecular formula is C18H28N2O4. The van der Waals surface area contributed by atoms with Crippen molar-refractivity contribution in [3.8, 4) is 5.75 Å². The first-order valence-electron chi connectivity index (χ1n) is 8.20. The van der Waals surface area contributed by atoms with Crippen LogP contribution in [0.5, 0.6) is 5.75 Å². The van der Waals surface area contributed by atoms with E-state index in [1.165, 1.54) is 0 Å². The molecule has 0 saturated carbocycles. The average Bonchev–Trinajstić information content (AvgIpc) is 2.48. The molecule has 134 valence electrons. The number of rotatable bonds is 8. The summed E-state index contributed by atoms with van der Waals surface area (Å²) in [5.41, 5.74) is 0.555. The number of benzene rings is 1. The van der Waals surface area contributed by atoms with E-state index in [0.717, 1.165) is 11.3 Å². The summed E-state index contributed by atoms with van der Waals surface area (Å²) in [7, 11) is 0. The first kappa shape index (κ1) is 19.8. The normalized spacial score (nSPS) is 10.8. The molecule has 1 rings (SSSR count). The van der Waals surface area contributed by atoms with Gasteiger partial charge in [-0.25, -0.2) is 4.79 Å². The second-order valence-corrected chi connectivity index (χ2v) is 6.50. The number of ether oxygens (including phenoxy) is 2. The number of para-hydroxylation sites is 1. The molecule has 1 aromatic carbocycles. The van der Waals surface area contributed by atoms with Crippen LogP contribution in [0, 0.1) is 6.92 Å². The summed E-state index contributed by atoms with van der Waals surface area (Å²) in [5.74, 6) is 0.786. The Labute approximate surface area is 143 Å². The quantitative estimate of drug-likeness (QED) is 0.716. The first-order valence-corrected chi connectivity index (χ1v) is 8.20. The van der Waals surface area contributed by atoms with E-state index in [1.807, 2.05) is 31.2 Å². The Morgan fingerprint density at radius 1 is 1.08 bits per heavy atom. The third-order valence-electron chi connectivity index (χ3n) is 3.01. The standard InChI is InChI=1S/C18H28N2O4/c1-14-8-5-6-9-15(14)23-13-7-10-16(21)19-11-12-20-17(22)24-18(2,3)4/h5-6,8-9H,7,10-13H2,1-4H3,(H,19,21)(H,20,22).